The number of tetrazole rings is 1. The largest absolute Gasteiger partial charge is 0.482 e. The molecular formula is C11H10ClN5O2. The molecule has 0 saturated carbocycles. The Hall–Kier alpha value is -2.15. The smallest absolute Gasteiger partial charge is 0.265 e. The second kappa shape index (κ2) is 4.85. The van der Waals surface area contributed by atoms with Crippen LogP contribution in [0.1, 0.15) is 5.82 Å². The summed E-state index contributed by atoms with van der Waals surface area (Å²) in [4.78, 5) is 13.5. The van der Waals surface area contributed by atoms with Crippen LogP contribution in [0.4, 0.5) is 5.69 Å². The first kappa shape index (κ1) is 11.9. The minimum Gasteiger partial charge on any atom is -0.482 e. The molecule has 19 heavy (non-hydrogen) atoms. The molecule has 1 N–H and O–H groups in total. The number of benzene rings is 1. The third-order valence-corrected chi connectivity index (χ3v) is 3.05. The predicted molar refractivity (Wildman–Crippen MR) is 67.2 cm³/mol. The van der Waals surface area contributed by atoms with E-state index in [4.69, 9.17) is 16.3 Å². The zero-order valence-corrected chi connectivity index (χ0v) is 10.6. The minimum atomic E-state index is -0.113. The maximum Gasteiger partial charge on any atom is 0.265 e. The van der Waals surface area contributed by atoms with Gasteiger partial charge in [0.25, 0.3) is 5.91 Å². The highest BCUT2D eigenvalue weighted by atomic mass is 35.5. The van der Waals surface area contributed by atoms with E-state index in [0.717, 1.165) is 0 Å². The van der Waals surface area contributed by atoms with Crippen LogP contribution in [-0.4, -0.2) is 39.7 Å². The van der Waals surface area contributed by atoms with Crippen molar-refractivity contribution in [1.29, 1.82) is 0 Å². The molecule has 0 unspecified atom stereocenters. The molecule has 2 heterocycles. The summed E-state index contributed by atoms with van der Waals surface area (Å²) >= 11 is 5.96. The third-order valence-electron chi connectivity index (χ3n) is 2.81. The van der Waals surface area contributed by atoms with E-state index in [-0.39, 0.29) is 12.5 Å². The second-order valence-corrected chi connectivity index (χ2v) is 4.46. The Balaban J connectivity index is 1.84. The number of aromatic amines is 1. The van der Waals surface area contributed by atoms with Crippen molar-refractivity contribution in [2.75, 3.05) is 18.1 Å². The summed E-state index contributed by atoms with van der Waals surface area (Å²) in [5, 5.41) is 14.1. The van der Waals surface area contributed by atoms with E-state index in [1.807, 2.05) is 0 Å². The fraction of sp³-hybridized carbons (Fsp3) is 0.273. The van der Waals surface area contributed by atoms with Crippen LogP contribution in [0, 0.1) is 0 Å². The van der Waals surface area contributed by atoms with Crippen LogP contribution in [0.25, 0.3) is 0 Å². The van der Waals surface area contributed by atoms with Gasteiger partial charge in [-0.15, -0.1) is 10.2 Å². The molecule has 1 aliphatic heterocycles. The molecule has 1 aromatic heterocycles. The fourth-order valence-corrected chi connectivity index (χ4v) is 2.09. The van der Waals surface area contributed by atoms with Crippen molar-refractivity contribution in [1.82, 2.24) is 20.6 Å². The Kier molecular flexibility index (Phi) is 3.04. The summed E-state index contributed by atoms with van der Waals surface area (Å²) in [7, 11) is 0. The van der Waals surface area contributed by atoms with Gasteiger partial charge in [-0.1, -0.05) is 16.8 Å². The molecule has 3 rings (SSSR count). The summed E-state index contributed by atoms with van der Waals surface area (Å²) in [6.07, 6.45) is 0.508. The van der Waals surface area contributed by atoms with Crippen LogP contribution in [0.3, 0.4) is 0 Å². The number of H-pyrrole nitrogens is 1. The maximum atomic E-state index is 11.9. The number of fused-ring (bicyclic) bond motifs is 1. The first-order valence-corrected chi connectivity index (χ1v) is 6.07. The number of amides is 1. The Morgan fingerprint density at radius 3 is 3.16 bits per heavy atom. The lowest BCUT2D eigenvalue weighted by Crippen LogP contribution is -2.40. The third kappa shape index (κ3) is 2.37. The molecule has 0 radical (unpaired) electrons. The van der Waals surface area contributed by atoms with E-state index in [1.54, 1.807) is 23.1 Å². The number of hydrogen-bond donors (Lipinski definition) is 1. The summed E-state index contributed by atoms with van der Waals surface area (Å²) < 4.78 is 5.36. The summed E-state index contributed by atoms with van der Waals surface area (Å²) in [6, 6.07) is 5.20. The lowest BCUT2D eigenvalue weighted by molar-refractivity contribution is -0.121. The molecule has 1 aromatic carbocycles. The van der Waals surface area contributed by atoms with Gasteiger partial charge in [-0.25, -0.2) is 0 Å². The molecule has 1 aliphatic rings. The Bertz CT molecular complexity index is 601. The first-order valence-electron chi connectivity index (χ1n) is 5.69. The van der Waals surface area contributed by atoms with Crippen LogP contribution in [0.2, 0.25) is 5.02 Å². The van der Waals surface area contributed by atoms with Crippen molar-refractivity contribution in [3.63, 3.8) is 0 Å². The standard InChI is InChI=1S/C11H10ClN5O2/c12-7-1-2-9-8(5-7)17(11(18)6-19-9)4-3-10-13-15-16-14-10/h1-2,5H,3-4,6H2,(H,13,14,15,16). The van der Waals surface area contributed by atoms with Gasteiger partial charge in [0.05, 0.1) is 5.69 Å². The van der Waals surface area contributed by atoms with Gasteiger partial charge in [0, 0.05) is 18.0 Å². The van der Waals surface area contributed by atoms with Crippen molar-refractivity contribution in [2.45, 2.75) is 6.42 Å². The van der Waals surface area contributed by atoms with E-state index in [1.165, 1.54) is 0 Å². The van der Waals surface area contributed by atoms with Gasteiger partial charge in [-0.05, 0) is 18.2 Å². The highest BCUT2D eigenvalue weighted by Crippen LogP contribution is 2.34. The molecule has 0 saturated heterocycles. The molecule has 0 aliphatic carbocycles. The maximum absolute atomic E-state index is 11.9. The van der Waals surface area contributed by atoms with E-state index < -0.39 is 0 Å². The van der Waals surface area contributed by atoms with Gasteiger partial charge >= 0.3 is 0 Å². The molecular weight excluding hydrogens is 270 g/mol. The predicted octanol–water partition coefficient (Wildman–Crippen LogP) is 0.821. The number of nitrogens with zero attached hydrogens (tertiary/aromatic N) is 4. The molecule has 8 heteroatoms. The number of carbonyl (C=O) groups is 1. The average molecular weight is 280 g/mol. The number of ether oxygens (including phenoxy) is 1. The number of anilines is 1. The highest BCUT2D eigenvalue weighted by Gasteiger charge is 2.25. The van der Waals surface area contributed by atoms with E-state index >= 15 is 0 Å². The highest BCUT2D eigenvalue weighted by molar-refractivity contribution is 6.31. The fourth-order valence-electron chi connectivity index (χ4n) is 1.92. The van der Waals surface area contributed by atoms with Crippen LogP contribution >= 0.6 is 11.6 Å². The van der Waals surface area contributed by atoms with Crippen molar-refractivity contribution in [3.8, 4) is 5.75 Å². The second-order valence-electron chi connectivity index (χ2n) is 4.02. The Labute approximate surface area is 113 Å². The van der Waals surface area contributed by atoms with E-state index in [9.17, 15) is 4.79 Å². The number of carbonyl (C=O) groups excluding carboxylic acids is 1. The summed E-state index contributed by atoms with van der Waals surface area (Å²) in [6.45, 7) is 0.482. The van der Waals surface area contributed by atoms with Crippen molar-refractivity contribution >= 4 is 23.2 Å². The van der Waals surface area contributed by atoms with Crippen molar-refractivity contribution in [2.24, 2.45) is 0 Å². The Morgan fingerprint density at radius 2 is 2.37 bits per heavy atom. The summed E-state index contributed by atoms with van der Waals surface area (Å²) in [5.41, 5.74) is 0.673. The lowest BCUT2D eigenvalue weighted by Gasteiger charge is -2.29. The quantitative estimate of drug-likeness (QED) is 0.899. The van der Waals surface area contributed by atoms with Crippen LogP contribution < -0.4 is 9.64 Å². The molecule has 98 valence electrons. The molecule has 0 atom stereocenters. The van der Waals surface area contributed by atoms with Gasteiger partial charge in [0.2, 0.25) is 0 Å². The lowest BCUT2D eigenvalue weighted by atomic mass is 10.2. The Morgan fingerprint density at radius 1 is 1.47 bits per heavy atom. The van der Waals surface area contributed by atoms with Crippen LogP contribution in [-0.2, 0) is 11.2 Å². The topological polar surface area (TPSA) is 84.0 Å². The number of hydrogen-bond acceptors (Lipinski definition) is 5. The normalized spacial score (nSPS) is 14.2. The SMILES string of the molecule is O=C1COc2ccc(Cl)cc2N1CCc1nn[nH]n1. The number of aromatic nitrogens is 4. The average Bonchev–Trinajstić information content (AvgIpc) is 2.91. The van der Waals surface area contributed by atoms with Crippen molar-refractivity contribution < 1.29 is 9.53 Å². The van der Waals surface area contributed by atoms with Gasteiger partial charge in [0.15, 0.2) is 12.4 Å². The zero-order valence-electron chi connectivity index (χ0n) is 9.84. The number of nitrogens with one attached hydrogen (secondary N) is 1. The molecule has 0 spiro atoms. The zero-order chi connectivity index (χ0) is 13.2. The van der Waals surface area contributed by atoms with Crippen molar-refractivity contribution in [3.05, 3.63) is 29.0 Å². The van der Waals surface area contributed by atoms with Gasteiger partial charge in [-0.2, -0.15) is 5.21 Å². The molecule has 2 aromatic rings. The molecule has 7 nitrogen and oxygen atoms in total. The minimum absolute atomic E-state index is 0.0286. The van der Waals surface area contributed by atoms with Gasteiger partial charge in [0.1, 0.15) is 5.75 Å². The molecule has 1 amide bonds. The van der Waals surface area contributed by atoms with E-state index in [2.05, 4.69) is 20.6 Å². The number of halogens is 1. The monoisotopic (exact) mass is 279 g/mol. The van der Waals surface area contributed by atoms with Gasteiger partial charge in [-0.3, -0.25) is 4.79 Å². The van der Waals surface area contributed by atoms with Gasteiger partial charge < -0.3 is 9.64 Å². The summed E-state index contributed by atoms with van der Waals surface area (Å²) in [5.74, 6) is 1.10. The molecule has 0 bridgehead atoms. The van der Waals surface area contributed by atoms with E-state index in [0.29, 0.717) is 35.2 Å². The van der Waals surface area contributed by atoms with Crippen LogP contribution in [0.5, 0.6) is 5.75 Å². The molecule has 0 fully saturated rings. The number of rotatable bonds is 3. The first-order chi connectivity index (χ1) is 9.24. The van der Waals surface area contributed by atoms with Crippen LogP contribution in [0.15, 0.2) is 18.2 Å².